The molecule has 254 valence electrons. The molecule has 48 heavy (non-hydrogen) atoms. The third-order valence-corrected chi connectivity index (χ3v) is 8.38. The predicted octanol–water partition coefficient (Wildman–Crippen LogP) is 5.03. The Bertz CT molecular complexity index is 1650. The number of pyridine rings is 1. The summed E-state index contributed by atoms with van der Waals surface area (Å²) in [5.41, 5.74) is 2.54. The minimum absolute atomic E-state index is 0.0379. The fraction of sp³-hybridized carbons (Fsp3) is 0.324. The lowest BCUT2D eigenvalue weighted by molar-refractivity contribution is -0.127. The van der Waals surface area contributed by atoms with Crippen LogP contribution in [0.1, 0.15) is 42.8 Å². The molecule has 1 saturated carbocycles. The second-order valence-corrected chi connectivity index (χ2v) is 11.8. The number of anilines is 1. The van der Waals surface area contributed by atoms with Gasteiger partial charge in [0.1, 0.15) is 31.0 Å². The molecule has 0 bridgehead atoms. The van der Waals surface area contributed by atoms with Crippen LogP contribution in [0.5, 0.6) is 0 Å². The predicted molar refractivity (Wildman–Crippen MR) is 180 cm³/mol. The molecule has 12 nitrogen and oxygen atoms in total. The maximum absolute atomic E-state index is 15.3. The van der Waals surface area contributed by atoms with Crippen LogP contribution in [0, 0.1) is 11.7 Å². The molecule has 5 rings (SSSR count). The van der Waals surface area contributed by atoms with Gasteiger partial charge in [0.15, 0.2) is 0 Å². The Labute approximate surface area is 281 Å². The lowest BCUT2D eigenvalue weighted by Crippen LogP contribution is -2.41. The van der Waals surface area contributed by atoms with E-state index in [9.17, 15) is 14.4 Å². The summed E-state index contributed by atoms with van der Waals surface area (Å²) < 4.78 is 26.5. The molecule has 2 unspecified atom stereocenters. The van der Waals surface area contributed by atoms with Crippen LogP contribution >= 0.6 is 11.3 Å². The number of carbonyl (C=O) groups excluding carboxylic acids is 5. The molecule has 2 aromatic carbocycles. The molecule has 1 aliphatic carbocycles. The van der Waals surface area contributed by atoms with E-state index in [1.165, 1.54) is 17.4 Å². The van der Waals surface area contributed by atoms with Crippen LogP contribution in [0.15, 0.2) is 60.8 Å². The van der Waals surface area contributed by atoms with Gasteiger partial charge in [0.25, 0.3) is 0 Å². The van der Waals surface area contributed by atoms with E-state index in [-0.39, 0.29) is 36.9 Å². The summed E-state index contributed by atoms with van der Waals surface area (Å²) in [6.45, 7) is 6.33. The van der Waals surface area contributed by atoms with Gasteiger partial charge in [-0.1, -0.05) is 25.1 Å². The fourth-order valence-electron chi connectivity index (χ4n) is 4.70. The number of amides is 3. The van der Waals surface area contributed by atoms with Gasteiger partial charge in [-0.15, -0.1) is 11.3 Å². The van der Waals surface area contributed by atoms with Crippen molar-refractivity contribution >= 4 is 58.7 Å². The third kappa shape index (κ3) is 10.7. The SMILES string of the molecule is C=O.C=O.COCCC(C)C(C(=O)NCC(=O)NC1CC1)c1nc2cc(F)c(-c3ccc(NC(=O)OCc4ccccn4)cc3)cc2s1. The molecule has 0 aliphatic heterocycles. The van der Waals surface area contributed by atoms with E-state index in [1.54, 1.807) is 55.8 Å². The van der Waals surface area contributed by atoms with Crippen LogP contribution in [-0.4, -0.2) is 67.8 Å². The molecular weight excluding hydrogens is 641 g/mol. The Morgan fingerprint density at radius 3 is 2.44 bits per heavy atom. The number of hydrogen-bond donors (Lipinski definition) is 3. The Hall–Kier alpha value is -5.08. The summed E-state index contributed by atoms with van der Waals surface area (Å²) in [6.07, 6.45) is 3.52. The van der Waals surface area contributed by atoms with Crippen molar-refractivity contribution in [3.8, 4) is 11.1 Å². The lowest BCUT2D eigenvalue weighted by Gasteiger charge is -2.21. The van der Waals surface area contributed by atoms with Crippen molar-refractivity contribution in [2.45, 2.75) is 44.8 Å². The smallest absolute Gasteiger partial charge is 0.412 e. The van der Waals surface area contributed by atoms with Crippen molar-refractivity contribution in [1.29, 1.82) is 0 Å². The Balaban J connectivity index is 0.00000151. The molecular formula is C34H38FN5O7S. The summed E-state index contributed by atoms with van der Waals surface area (Å²) in [4.78, 5) is 62.4. The summed E-state index contributed by atoms with van der Waals surface area (Å²) in [7, 11) is 1.60. The summed E-state index contributed by atoms with van der Waals surface area (Å²) >= 11 is 1.32. The van der Waals surface area contributed by atoms with Crippen LogP contribution < -0.4 is 16.0 Å². The number of benzene rings is 2. The number of halogens is 1. The molecule has 1 aliphatic rings. The Morgan fingerprint density at radius 2 is 1.79 bits per heavy atom. The average molecular weight is 680 g/mol. The molecule has 14 heteroatoms. The lowest BCUT2D eigenvalue weighted by atomic mass is 9.91. The third-order valence-electron chi connectivity index (χ3n) is 7.27. The minimum atomic E-state index is -0.634. The second-order valence-electron chi connectivity index (χ2n) is 10.7. The highest BCUT2D eigenvalue weighted by Gasteiger charge is 2.31. The Morgan fingerprint density at radius 1 is 1.06 bits per heavy atom. The van der Waals surface area contributed by atoms with Crippen molar-refractivity contribution in [1.82, 2.24) is 20.6 Å². The van der Waals surface area contributed by atoms with Gasteiger partial charge in [0.2, 0.25) is 11.8 Å². The quantitative estimate of drug-likeness (QED) is 0.176. The van der Waals surface area contributed by atoms with Crippen LogP contribution in [0.4, 0.5) is 14.9 Å². The molecule has 4 aromatic rings. The van der Waals surface area contributed by atoms with Crippen LogP contribution in [0.2, 0.25) is 0 Å². The standard InChI is InChI=1S/C32H34FN5O5S.2CH2O/c1-19(12-14-42-2)29(30(40)35-17-28(39)36-21-10-11-21)31-38-26-16-25(33)24(15-27(26)44-31)20-6-8-22(9-7-20)37-32(41)43-18-23-5-3-4-13-34-23;2*1-2/h3-9,13,15-16,19,21,29H,10-12,14,17-18H2,1-2H3,(H,35,40)(H,36,39)(H,37,41);2*1H2. The second kappa shape index (κ2) is 18.9. The number of nitrogens with zero attached hydrogens (tertiary/aromatic N) is 2. The van der Waals surface area contributed by atoms with Crippen molar-refractivity contribution in [2.75, 3.05) is 25.6 Å². The van der Waals surface area contributed by atoms with E-state index >= 15 is 4.39 Å². The highest BCUT2D eigenvalue weighted by molar-refractivity contribution is 7.18. The highest BCUT2D eigenvalue weighted by atomic mass is 32.1. The maximum atomic E-state index is 15.3. The molecule has 3 N–H and O–H groups in total. The number of rotatable bonds is 13. The highest BCUT2D eigenvalue weighted by Crippen LogP contribution is 2.37. The van der Waals surface area contributed by atoms with Crippen LogP contribution in [0.3, 0.4) is 0 Å². The van der Waals surface area contributed by atoms with Crippen LogP contribution in [-0.2, 0) is 35.3 Å². The van der Waals surface area contributed by atoms with Crippen LogP contribution in [0.25, 0.3) is 21.3 Å². The number of hydrogen-bond acceptors (Lipinski definition) is 10. The first-order valence-electron chi connectivity index (χ1n) is 15.0. The first-order valence-corrected chi connectivity index (χ1v) is 15.8. The van der Waals surface area contributed by atoms with Gasteiger partial charge in [-0.3, -0.25) is 19.9 Å². The number of thiazole rings is 1. The van der Waals surface area contributed by atoms with E-state index in [0.717, 1.165) is 17.5 Å². The molecule has 0 saturated heterocycles. The molecule has 2 heterocycles. The zero-order valence-corrected chi connectivity index (χ0v) is 27.5. The number of aromatic nitrogens is 2. The number of ether oxygens (including phenoxy) is 2. The van der Waals surface area contributed by atoms with Gasteiger partial charge in [-0.25, -0.2) is 14.2 Å². The number of nitrogens with one attached hydrogen (secondary N) is 3. The molecule has 0 spiro atoms. The minimum Gasteiger partial charge on any atom is -0.443 e. The summed E-state index contributed by atoms with van der Waals surface area (Å²) in [6, 6.07) is 15.4. The molecule has 2 atom stereocenters. The van der Waals surface area contributed by atoms with E-state index in [1.807, 2.05) is 26.6 Å². The topological polar surface area (TPSA) is 166 Å². The molecule has 0 radical (unpaired) electrons. The van der Waals surface area contributed by atoms with Crippen molar-refractivity contribution in [3.05, 3.63) is 77.3 Å². The molecule has 1 fully saturated rings. The van der Waals surface area contributed by atoms with Gasteiger partial charge in [-0.05, 0) is 61.1 Å². The van der Waals surface area contributed by atoms with Crippen molar-refractivity contribution in [2.24, 2.45) is 5.92 Å². The maximum Gasteiger partial charge on any atom is 0.412 e. The van der Waals surface area contributed by atoms with E-state index < -0.39 is 17.8 Å². The zero-order valence-electron chi connectivity index (χ0n) is 26.7. The normalized spacial score (nSPS) is 13.1. The van der Waals surface area contributed by atoms with Gasteiger partial charge < -0.3 is 29.7 Å². The Kier molecular flexibility index (Phi) is 14.7. The number of carbonyl (C=O) groups is 5. The number of fused-ring (bicyclic) bond motifs is 1. The fourth-order valence-corrected chi connectivity index (χ4v) is 5.92. The summed E-state index contributed by atoms with van der Waals surface area (Å²) in [5.74, 6) is -1.76. The van der Waals surface area contributed by atoms with Gasteiger partial charge in [0, 0.05) is 43.3 Å². The van der Waals surface area contributed by atoms with E-state index in [4.69, 9.17) is 19.1 Å². The van der Waals surface area contributed by atoms with Gasteiger partial charge >= 0.3 is 6.09 Å². The van der Waals surface area contributed by atoms with Gasteiger partial charge in [0.05, 0.1) is 28.4 Å². The monoisotopic (exact) mass is 679 g/mol. The van der Waals surface area contributed by atoms with Gasteiger partial charge in [-0.2, -0.15) is 0 Å². The van der Waals surface area contributed by atoms with Crippen molar-refractivity contribution < 1.29 is 37.8 Å². The first kappa shape index (κ1) is 37.4. The molecule has 3 amide bonds. The molecule has 2 aromatic heterocycles. The van der Waals surface area contributed by atoms with E-state index in [0.29, 0.717) is 46.1 Å². The summed E-state index contributed by atoms with van der Waals surface area (Å²) in [5, 5.41) is 8.82. The number of methoxy groups -OCH3 is 1. The van der Waals surface area contributed by atoms with Crippen molar-refractivity contribution in [3.63, 3.8) is 0 Å². The first-order chi connectivity index (χ1) is 23.3. The largest absolute Gasteiger partial charge is 0.443 e. The van der Waals surface area contributed by atoms with E-state index in [2.05, 4.69) is 25.9 Å². The average Bonchev–Trinajstić information content (AvgIpc) is 3.84. The zero-order chi connectivity index (χ0) is 35.1.